The van der Waals surface area contributed by atoms with Gasteiger partial charge in [0, 0.05) is 26.1 Å². The summed E-state index contributed by atoms with van der Waals surface area (Å²) in [6, 6.07) is 10.2. The molecule has 2 rings (SSSR count). The smallest absolute Gasteiger partial charge is 0.408 e. The van der Waals surface area contributed by atoms with Crippen LogP contribution in [0.4, 0.5) is 14.4 Å². The minimum atomic E-state index is -1.32. The quantitative estimate of drug-likeness (QED) is 0.0942. The summed E-state index contributed by atoms with van der Waals surface area (Å²) in [4.78, 5) is 77.0. The minimum Gasteiger partial charge on any atom is -0.508 e. The minimum absolute atomic E-state index is 0.0159. The van der Waals surface area contributed by atoms with Crippen molar-refractivity contribution in [2.24, 2.45) is 0 Å². The third-order valence-corrected chi connectivity index (χ3v) is 7.37. The van der Waals surface area contributed by atoms with Gasteiger partial charge in [-0.05, 0) is 111 Å². The van der Waals surface area contributed by atoms with E-state index in [9.17, 15) is 33.9 Å². The number of benzene rings is 2. The van der Waals surface area contributed by atoms with E-state index in [0.717, 1.165) is 16.7 Å². The molecule has 2 aromatic carbocycles. The Morgan fingerprint density at radius 2 is 1.18 bits per heavy atom. The summed E-state index contributed by atoms with van der Waals surface area (Å²) in [5.41, 5.74) is 0.722. The molecule has 7 N–H and O–H groups in total. The number of carbonyl (C=O) groups is 6. The Morgan fingerprint density at radius 1 is 0.625 bits per heavy atom. The van der Waals surface area contributed by atoms with Crippen LogP contribution in [0.1, 0.15) is 86.3 Å². The number of phenolic OH excluding ortho intramolecular Hbond substituents is 1. The SMILES string of the molecule is Cc1cccc(-c2ccc(O)c(C[C@H](NC(=O)OC(C)(C)C)C(=O)N[C@@H](CCCNC(=O)OC(C)(C)C)C(=O)NCC(=O)NCCNC(=O)OC(C)(C)C)c2)c1. The van der Waals surface area contributed by atoms with Gasteiger partial charge in [-0.2, -0.15) is 0 Å². The second-order valence-corrected chi connectivity index (χ2v) is 16.2. The first kappa shape index (κ1) is 46.6. The van der Waals surface area contributed by atoms with Crippen LogP contribution in [0, 0.1) is 6.92 Å². The fraction of sp³-hybridized carbons (Fsp3) is 0.550. The van der Waals surface area contributed by atoms with Gasteiger partial charge in [0.05, 0.1) is 6.54 Å². The molecule has 0 unspecified atom stereocenters. The summed E-state index contributed by atoms with van der Waals surface area (Å²) in [6.45, 7) is 17.0. The fourth-order valence-electron chi connectivity index (χ4n) is 5.02. The maximum absolute atomic E-state index is 14.0. The molecule has 0 saturated heterocycles. The summed E-state index contributed by atoms with van der Waals surface area (Å²) < 4.78 is 15.8. The second-order valence-electron chi connectivity index (χ2n) is 16.2. The average molecular weight is 785 g/mol. The third-order valence-electron chi connectivity index (χ3n) is 7.37. The van der Waals surface area contributed by atoms with Gasteiger partial charge < -0.3 is 51.2 Å². The Labute approximate surface area is 329 Å². The lowest BCUT2D eigenvalue weighted by Gasteiger charge is -2.26. The van der Waals surface area contributed by atoms with Gasteiger partial charge in [-0.1, -0.05) is 35.9 Å². The highest BCUT2D eigenvalue weighted by Gasteiger charge is 2.30. The summed E-state index contributed by atoms with van der Waals surface area (Å²) in [6.07, 6.45) is -2.15. The average Bonchev–Trinajstić information content (AvgIpc) is 3.05. The number of ether oxygens (including phenoxy) is 3. The van der Waals surface area contributed by atoms with Crippen LogP contribution >= 0.6 is 0 Å². The van der Waals surface area contributed by atoms with E-state index in [4.69, 9.17) is 14.2 Å². The molecular formula is C40H60N6O10. The van der Waals surface area contributed by atoms with Crippen molar-refractivity contribution in [3.8, 4) is 16.9 Å². The Morgan fingerprint density at radius 3 is 1.77 bits per heavy atom. The number of phenols is 1. The molecule has 0 fully saturated rings. The van der Waals surface area contributed by atoms with Crippen molar-refractivity contribution in [1.82, 2.24) is 31.9 Å². The molecule has 0 spiro atoms. The van der Waals surface area contributed by atoms with Crippen molar-refractivity contribution >= 4 is 36.0 Å². The molecule has 16 nitrogen and oxygen atoms in total. The number of aromatic hydroxyl groups is 1. The van der Waals surface area contributed by atoms with Gasteiger partial charge in [-0.3, -0.25) is 14.4 Å². The Balaban J connectivity index is 2.25. The molecule has 0 aliphatic heterocycles. The predicted octanol–water partition coefficient (Wildman–Crippen LogP) is 4.35. The first-order valence-corrected chi connectivity index (χ1v) is 18.6. The van der Waals surface area contributed by atoms with Crippen LogP contribution < -0.4 is 31.9 Å². The monoisotopic (exact) mass is 784 g/mol. The zero-order valence-electron chi connectivity index (χ0n) is 34.3. The van der Waals surface area contributed by atoms with Crippen LogP contribution in [-0.4, -0.2) is 96.2 Å². The number of rotatable bonds is 16. The lowest BCUT2D eigenvalue weighted by Crippen LogP contribution is -2.55. The highest BCUT2D eigenvalue weighted by atomic mass is 16.6. The van der Waals surface area contributed by atoms with Gasteiger partial charge >= 0.3 is 18.3 Å². The van der Waals surface area contributed by atoms with Crippen LogP contribution in [0.2, 0.25) is 0 Å². The number of amides is 6. The van der Waals surface area contributed by atoms with E-state index in [1.165, 1.54) is 6.07 Å². The van der Waals surface area contributed by atoms with Crippen LogP contribution in [0.5, 0.6) is 5.75 Å². The lowest BCUT2D eigenvalue weighted by atomic mass is 9.97. The first-order valence-electron chi connectivity index (χ1n) is 18.6. The van der Waals surface area contributed by atoms with E-state index < -0.39 is 71.4 Å². The van der Waals surface area contributed by atoms with Crippen molar-refractivity contribution in [1.29, 1.82) is 0 Å². The van der Waals surface area contributed by atoms with E-state index in [2.05, 4.69) is 31.9 Å². The highest BCUT2D eigenvalue weighted by molar-refractivity contribution is 5.93. The maximum atomic E-state index is 14.0. The molecule has 2 aromatic rings. The van der Waals surface area contributed by atoms with E-state index in [0.29, 0.717) is 5.56 Å². The van der Waals surface area contributed by atoms with E-state index in [1.807, 2.05) is 31.2 Å². The van der Waals surface area contributed by atoms with Gasteiger partial charge in [-0.15, -0.1) is 0 Å². The van der Waals surface area contributed by atoms with Crippen LogP contribution in [0.25, 0.3) is 11.1 Å². The molecule has 16 heteroatoms. The second kappa shape index (κ2) is 20.9. The van der Waals surface area contributed by atoms with Crippen LogP contribution in [0.3, 0.4) is 0 Å². The van der Waals surface area contributed by atoms with Crippen LogP contribution in [0.15, 0.2) is 42.5 Å². The molecule has 310 valence electrons. The van der Waals surface area contributed by atoms with Crippen LogP contribution in [-0.2, 0) is 35.0 Å². The molecule has 6 amide bonds. The molecule has 0 saturated carbocycles. The predicted molar refractivity (Wildman–Crippen MR) is 211 cm³/mol. The molecule has 56 heavy (non-hydrogen) atoms. The summed E-state index contributed by atoms with van der Waals surface area (Å²) >= 11 is 0. The van der Waals surface area contributed by atoms with Crippen molar-refractivity contribution in [2.75, 3.05) is 26.2 Å². The van der Waals surface area contributed by atoms with E-state index in [-0.39, 0.29) is 44.6 Å². The number of carbonyl (C=O) groups excluding carboxylic acids is 6. The molecule has 0 radical (unpaired) electrons. The third kappa shape index (κ3) is 19.2. The zero-order valence-corrected chi connectivity index (χ0v) is 34.3. The van der Waals surface area contributed by atoms with Gasteiger partial charge in [0.25, 0.3) is 0 Å². The normalized spacial score (nSPS) is 12.6. The first-order chi connectivity index (χ1) is 25.9. The number of alkyl carbamates (subject to hydrolysis) is 3. The van der Waals surface area contributed by atoms with Crippen molar-refractivity contribution < 1.29 is 48.1 Å². The zero-order chi connectivity index (χ0) is 42.3. The maximum Gasteiger partial charge on any atom is 0.408 e. The van der Waals surface area contributed by atoms with Crippen molar-refractivity contribution in [3.05, 3.63) is 53.6 Å². The highest BCUT2D eigenvalue weighted by Crippen LogP contribution is 2.28. The number of hydrogen-bond acceptors (Lipinski definition) is 10. The van der Waals surface area contributed by atoms with E-state index in [1.54, 1.807) is 74.4 Å². The van der Waals surface area contributed by atoms with Gasteiger partial charge in [0.15, 0.2) is 0 Å². The largest absolute Gasteiger partial charge is 0.508 e. The van der Waals surface area contributed by atoms with E-state index >= 15 is 0 Å². The Kier molecular flexibility index (Phi) is 17.4. The van der Waals surface area contributed by atoms with Crippen molar-refractivity contribution in [3.63, 3.8) is 0 Å². The lowest BCUT2D eigenvalue weighted by molar-refractivity contribution is -0.131. The number of hydrogen-bond donors (Lipinski definition) is 7. The summed E-state index contributed by atoms with van der Waals surface area (Å²) in [7, 11) is 0. The molecule has 0 aliphatic rings. The topological polar surface area (TPSA) is 223 Å². The molecular weight excluding hydrogens is 724 g/mol. The van der Waals surface area contributed by atoms with Gasteiger partial charge in [-0.25, -0.2) is 14.4 Å². The standard InChI is InChI=1S/C40H60N6O10/c1-25-13-11-14-26(21-25)27-16-17-31(47)28(22-27)23-30(46-37(53)56-40(8,9)10)34(50)45-29(15-12-18-42-35(51)54-38(2,3)4)33(49)44-24-32(48)41-19-20-43-36(52)55-39(5,6)7/h11,13-14,16-17,21-22,29-30,47H,12,15,18-20,23-24H2,1-10H3,(H,41,48)(H,42,51)(H,43,52)(H,44,49)(H,45,50)(H,46,53)/t29-,30-/m0/s1. The number of aryl methyl sites for hydroxylation is 1. The molecule has 0 aromatic heterocycles. The summed E-state index contributed by atoms with van der Waals surface area (Å²) in [5.74, 6) is -2.15. The van der Waals surface area contributed by atoms with Gasteiger partial charge in [0.2, 0.25) is 17.7 Å². The molecule has 0 heterocycles. The fourth-order valence-corrected chi connectivity index (χ4v) is 5.02. The van der Waals surface area contributed by atoms with Gasteiger partial charge in [0.1, 0.15) is 34.6 Å². The number of nitrogens with one attached hydrogen (secondary N) is 6. The Hall–Kier alpha value is -5.54. The Bertz CT molecular complexity index is 1680. The molecule has 0 aliphatic carbocycles. The summed E-state index contributed by atoms with van der Waals surface area (Å²) in [5, 5.41) is 26.3. The van der Waals surface area contributed by atoms with Crippen molar-refractivity contribution in [2.45, 2.75) is 117 Å². The molecule has 2 atom stereocenters. The molecule has 0 bridgehead atoms.